The highest BCUT2D eigenvalue weighted by molar-refractivity contribution is 6.09. The third-order valence-electron chi connectivity index (χ3n) is 11.4. The number of rotatable bonds is 0. The average molecular weight is 506 g/mol. The van der Waals surface area contributed by atoms with Crippen LogP contribution in [0.3, 0.4) is 0 Å². The fraction of sp³-hybridized carbons (Fsp3) is 0.677. The Morgan fingerprint density at radius 1 is 1.11 bits per heavy atom. The summed E-state index contributed by atoms with van der Waals surface area (Å²) in [6, 6.07) is 7.85. The van der Waals surface area contributed by atoms with Crippen LogP contribution in [0.4, 0.5) is 0 Å². The van der Waals surface area contributed by atoms with Gasteiger partial charge in [-0.25, -0.2) is 0 Å². The van der Waals surface area contributed by atoms with Gasteiger partial charge in [-0.3, -0.25) is 9.59 Å². The number of fused-ring (bicyclic) bond motifs is 4. The summed E-state index contributed by atoms with van der Waals surface area (Å²) < 4.78 is 6.93. The van der Waals surface area contributed by atoms with Crippen LogP contribution in [0.2, 0.25) is 0 Å². The van der Waals surface area contributed by atoms with Gasteiger partial charge in [-0.05, 0) is 67.1 Å². The van der Waals surface area contributed by atoms with Crippen molar-refractivity contribution in [3.63, 3.8) is 0 Å². The molecule has 4 aliphatic carbocycles. The fourth-order valence-electron chi connectivity index (χ4n) is 10.7. The highest BCUT2D eigenvalue weighted by atomic mass is 16.5. The first-order valence-electron chi connectivity index (χ1n) is 14.2. The van der Waals surface area contributed by atoms with E-state index in [2.05, 4.69) is 39.1 Å². The van der Waals surface area contributed by atoms with E-state index in [1.54, 1.807) is 0 Å². The molecular formula is C31H39NO5. The molecule has 198 valence electrons. The quantitative estimate of drug-likeness (QED) is 0.370. The summed E-state index contributed by atoms with van der Waals surface area (Å²) in [7, 11) is 0. The Balaban J connectivity index is 1.47. The molecule has 12 atom stereocenters. The maximum atomic E-state index is 14.7. The van der Waals surface area contributed by atoms with Crippen molar-refractivity contribution in [3.05, 3.63) is 41.5 Å². The predicted molar refractivity (Wildman–Crippen MR) is 137 cm³/mol. The van der Waals surface area contributed by atoms with E-state index in [0.29, 0.717) is 11.8 Å². The second-order valence-electron chi connectivity index (χ2n) is 13.9. The first-order chi connectivity index (χ1) is 17.5. The molecule has 6 heteroatoms. The van der Waals surface area contributed by atoms with Crippen LogP contribution >= 0.6 is 0 Å². The molecule has 7 aliphatic rings. The van der Waals surface area contributed by atoms with Crippen molar-refractivity contribution in [1.82, 2.24) is 5.32 Å². The van der Waals surface area contributed by atoms with Gasteiger partial charge in [0, 0.05) is 36.5 Å². The zero-order valence-electron chi connectivity index (χ0n) is 22.2. The third-order valence-corrected chi connectivity index (χ3v) is 11.4. The number of amides is 1. The molecule has 4 fully saturated rings. The largest absolute Gasteiger partial charge is 0.490 e. The highest BCUT2D eigenvalue weighted by Gasteiger charge is 2.71. The minimum absolute atomic E-state index is 0.000557. The molecule has 3 saturated carbocycles. The molecule has 5 bridgehead atoms. The van der Waals surface area contributed by atoms with Crippen molar-refractivity contribution in [2.75, 3.05) is 0 Å². The topological polar surface area (TPSA) is 95.9 Å². The number of Topliss-reactive ketones (excluding diaryl/α,β-unsaturated/α-hetero) is 1. The lowest BCUT2D eigenvalue weighted by atomic mass is 9.51. The normalized spacial score (nSPS) is 51.7. The summed E-state index contributed by atoms with van der Waals surface area (Å²) in [4.78, 5) is 28.3. The smallest absolute Gasteiger partial charge is 0.236 e. The van der Waals surface area contributed by atoms with Gasteiger partial charge in [0.2, 0.25) is 5.91 Å². The number of ether oxygens (including phenoxy) is 1. The Labute approximate surface area is 218 Å². The number of hydrogen-bond acceptors (Lipinski definition) is 5. The second kappa shape index (κ2) is 7.47. The van der Waals surface area contributed by atoms with E-state index >= 15 is 0 Å². The predicted octanol–water partition coefficient (Wildman–Crippen LogP) is 3.65. The molecule has 3 N–H and O–H groups in total. The van der Waals surface area contributed by atoms with Gasteiger partial charge in [-0.1, -0.05) is 44.6 Å². The van der Waals surface area contributed by atoms with Gasteiger partial charge < -0.3 is 20.3 Å². The van der Waals surface area contributed by atoms with E-state index in [9.17, 15) is 19.8 Å². The van der Waals surface area contributed by atoms with E-state index in [4.69, 9.17) is 4.74 Å². The van der Waals surface area contributed by atoms with E-state index in [0.717, 1.165) is 24.2 Å². The minimum atomic E-state index is -1.52. The molecule has 0 unspecified atom stereocenters. The monoisotopic (exact) mass is 505 g/mol. The summed E-state index contributed by atoms with van der Waals surface area (Å²) in [5.41, 5.74) is -0.847. The number of allylic oxidation sites excluding steroid dienone is 1. The molecular weight excluding hydrogens is 466 g/mol. The zero-order valence-corrected chi connectivity index (χ0v) is 22.2. The zero-order chi connectivity index (χ0) is 26.1. The maximum Gasteiger partial charge on any atom is 0.236 e. The van der Waals surface area contributed by atoms with Crippen LogP contribution in [0.5, 0.6) is 5.75 Å². The van der Waals surface area contributed by atoms with Crippen molar-refractivity contribution >= 4 is 11.7 Å². The van der Waals surface area contributed by atoms with Gasteiger partial charge in [-0.2, -0.15) is 0 Å². The Morgan fingerprint density at radius 3 is 2.57 bits per heavy atom. The van der Waals surface area contributed by atoms with Crippen LogP contribution in [-0.4, -0.2) is 39.8 Å². The number of carbonyl (C=O) groups excluding carboxylic acids is 2. The SMILES string of the molecule is CC1=C[C@H]2[C@@H]3C(=O)[C@]4(C[C@H]2O)C[C@](O)(Cc2ccc(cc2)O[C@H]2[C@H]3[C@@H]1[C@]1(C)C[C@H](C)C[C@H](C)[C@@H]21)NC4=O. The molecule has 6 nitrogen and oxygen atoms in total. The van der Waals surface area contributed by atoms with Crippen molar-refractivity contribution in [2.24, 2.45) is 52.3 Å². The number of ketones is 1. The molecule has 3 aliphatic heterocycles. The van der Waals surface area contributed by atoms with Gasteiger partial charge in [0.25, 0.3) is 0 Å². The van der Waals surface area contributed by atoms with Gasteiger partial charge in [0.05, 0.1) is 6.10 Å². The number of nitrogens with one attached hydrogen (secondary N) is 1. The summed E-state index contributed by atoms with van der Waals surface area (Å²) in [6.07, 6.45) is 3.62. The van der Waals surface area contributed by atoms with Crippen LogP contribution in [-0.2, 0) is 16.0 Å². The lowest BCUT2D eigenvalue weighted by Crippen LogP contribution is -2.58. The van der Waals surface area contributed by atoms with Crippen LogP contribution in [0.25, 0.3) is 0 Å². The standard InChI is InChI=1S/C31H39NO5/c1-15-9-16(2)25-26-23-22-20(10-17(3)24(23)29(25,4)11-15)21(33)13-30(27(22)34)14-31(36,32-28(30)35)12-18-5-7-19(37-26)8-6-18/h5-8,10,15-16,20-26,33,36H,9,11-14H2,1-4H3,(H,32,35)/t15-,16+,20-,21-,22+,23-,24-,25+,26+,29+,30+,31-/m1/s1. The Kier molecular flexibility index (Phi) is 4.83. The number of benzene rings is 1. The number of aliphatic hydroxyl groups excluding tert-OH is 1. The van der Waals surface area contributed by atoms with Crippen LogP contribution in [0, 0.1) is 52.3 Å². The van der Waals surface area contributed by atoms with E-state index in [1.807, 2.05) is 24.3 Å². The first-order valence-corrected chi connectivity index (χ1v) is 14.2. The summed E-state index contributed by atoms with van der Waals surface area (Å²) in [5, 5.41) is 25.8. The second-order valence-corrected chi connectivity index (χ2v) is 13.9. The highest BCUT2D eigenvalue weighted by Crippen LogP contribution is 2.68. The van der Waals surface area contributed by atoms with Gasteiger partial charge in [0.1, 0.15) is 23.0 Å². The van der Waals surface area contributed by atoms with Crippen LogP contribution < -0.4 is 10.1 Å². The molecule has 0 aromatic heterocycles. The van der Waals surface area contributed by atoms with Crippen molar-refractivity contribution in [3.8, 4) is 5.75 Å². The molecule has 1 amide bonds. The minimum Gasteiger partial charge on any atom is -0.490 e. The molecule has 3 heterocycles. The third kappa shape index (κ3) is 3.06. The van der Waals surface area contributed by atoms with Gasteiger partial charge in [-0.15, -0.1) is 0 Å². The Hall–Kier alpha value is -2.18. The lowest BCUT2D eigenvalue weighted by Gasteiger charge is -2.51. The number of carbonyl (C=O) groups is 2. The maximum absolute atomic E-state index is 14.7. The molecule has 37 heavy (non-hydrogen) atoms. The average Bonchev–Trinajstić information content (AvgIpc) is 3.21. The van der Waals surface area contributed by atoms with Crippen LogP contribution in [0.1, 0.15) is 58.9 Å². The fourth-order valence-corrected chi connectivity index (χ4v) is 10.7. The molecule has 1 aromatic carbocycles. The van der Waals surface area contributed by atoms with Crippen molar-refractivity contribution in [2.45, 2.75) is 77.7 Å². The number of aliphatic hydroxyl groups is 2. The van der Waals surface area contributed by atoms with Gasteiger partial charge in [0.15, 0.2) is 5.78 Å². The summed E-state index contributed by atoms with van der Waals surface area (Å²) in [5.74, 6) is 0.697. The Morgan fingerprint density at radius 2 is 1.84 bits per heavy atom. The summed E-state index contributed by atoms with van der Waals surface area (Å²) >= 11 is 0. The molecule has 0 radical (unpaired) electrons. The first kappa shape index (κ1) is 23.9. The van der Waals surface area contributed by atoms with Gasteiger partial charge >= 0.3 is 0 Å². The molecule has 8 rings (SSSR count). The molecule has 1 aromatic rings. The van der Waals surface area contributed by atoms with Crippen molar-refractivity contribution in [1.29, 1.82) is 0 Å². The Bertz CT molecular complexity index is 1210. The number of hydrogen-bond donors (Lipinski definition) is 3. The van der Waals surface area contributed by atoms with Crippen molar-refractivity contribution < 1.29 is 24.5 Å². The lowest BCUT2D eigenvalue weighted by molar-refractivity contribution is -0.158. The van der Waals surface area contributed by atoms with Crippen LogP contribution in [0.15, 0.2) is 35.9 Å². The molecule has 1 saturated heterocycles. The van der Waals surface area contributed by atoms with E-state index in [-0.39, 0.29) is 60.2 Å². The van der Waals surface area contributed by atoms with E-state index in [1.165, 1.54) is 5.57 Å². The summed E-state index contributed by atoms with van der Waals surface area (Å²) in [6.45, 7) is 9.25. The van der Waals surface area contributed by atoms with E-state index < -0.39 is 29.1 Å². The molecule has 1 spiro atoms.